The van der Waals surface area contributed by atoms with E-state index in [1.165, 1.54) is 45.3 Å². The van der Waals surface area contributed by atoms with Crippen molar-refractivity contribution in [3.63, 3.8) is 0 Å². The molecule has 0 aliphatic carbocycles. The topological polar surface area (TPSA) is 24.5 Å². The van der Waals surface area contributed by atoms with E-state index in [1.807, 2.05) is 0 Å². The van der Waals surface area contributed by atoms with E-state index >= 15 is 0 Å². The largest absolute Gasteiger partial charge is 0.380 e. The Bertz CT molecular complexity index is 176. The van der Waals surface area contributed by atoms with Gasteiger partial charge >= 0.3 is 0 Å². The number of hydrogen-bond acceptors (Lipinski definition) is 3. The van der Waals surface area contributed by atoms with Crippen molar-refractivity contribution in [2.75, 3.05) is 45.9 Å². The summed E-state index contributed by atoms with van der Waals surface area (Å²) in [5.74, 6) is 0.847. The van der Waals surface area contributed by atoms with Crippen molar-refractivity contribution in [3.8, 4) is 0 Å². The molecule has 0 amide bonds. The Balaban J connectivity index is 2.03. The maximum Gasteiger partial charge on any atom is 0.0593 e. The molecule has 0 bridgehead atoms. The van der Waals surface area contributed by atoms with Crippen LogP contribution >= 0.6 is 0 Å². The highest BCUT2D eigenvalue weighted by molar-refractivity contribution is 4.74. The number of rotatable bonds is 9. The SMILES string of the molecule is CCCCOCCN1CCCC(CNCC)C1. The standard InChI is InChI=1S/C14H30N2O/c1-3-5-10-17-11-9-16-8-6-7-14(13-16)12-15-4-2/h14-15H,3-13H2,1-2H3. The molecule has 0 aromatic heterocycles. The summed E-state index contributed by atoms with van der Waals surface area (Å²) in [6.45, 7) is 12.1. The molecule has 1 rings (SSSR count). The lowest BCUT2D eigenvalue weighted by Crippen LogP contribution is -2.41. The van der Waals surface area contributed by atoms with E-state index in [-0.39, 0.29) is 0 Å². The molecule has 1 unspecified atom stereocenters. The summed E-state index contributed by atoms with van der Waals surface area (Å²) in [6.07, 6.45) is 5.17. The number of hydrogen-bond donors (Lipinski definition) is 1. The van der Waals surface area contributed by atoms with Crippen LogP contribution in [-0.4, -0.2) is 50.8 Å². The number of nitrogens with zero attached hydrogens (tertiary/aromatic N) is 1. The van der Waals surface area contributed by atoms with Crippen LogP contribution in [0.15, 0.2) is 0 Å². The molecule has 3 nitrogen and oxygen atoms in total. The van der Waals surface area contributed by atoms with Gasteiger partial charge in [0.15, 0.2) is 0 Å². The molecule has 1 aliphatic heterocycles. The molecule has 1 atom stereocenters. The van der Waals surface area contributed by atoms with Gasteiger partial charge in [0.1, 0.15) is 0 Å². The van der Waals surface area contributed by atoms with Crippen LogP contribution in [0.5, 0.6) is 0 Å². The lowest BCUT2D eigenvalue weighted by molar-refractivity contribution is 0.0833. The highest BCUT2D eigenvalue weighted by Crippen LogP contribution is 2.15. The molecule has 3 heteroatoms. The Morgan fingerprint density at radius 3 is 2.94 bits per heavy atom. The second kappa shape index (κ2) is 9.86. The fourth-order valence-electron chi connectivity index (χ4n) is 2.41. The molecule has 0 spiro atoms. The van der Waals surface area contributed by atoms with Gasteiger partial charge in [-0.25, -0.2) is 0 Å². The van der Waals surface area contributed by atoms with E-state index in [4.69, 9.17) is 4.74 Å². The van der Waals surface area contributed by atoms with E-state index in [2.05, 4.69) is 24.1 Å². The van der Waals surface area contributed by atoms with Crippen molar-refractivity contribution in [1.29, 1.82) is 0 Å². The molecule has 0 radical (unpaired) electrons. The van der Waals surface area contributed by atoms with Gasteiger partial charge in [0.2, 0.25) is 0 Å². The van der Waals surface area contributed by atoms with Crippen LogP contribution in [0, 0.1) is 5.92 Å². The first kappa shape index (κ1) is 14.9. The van der Waals surface area contributed by atoms with Gasteiger partial charge in [-0.1, -0.05) is 20.3 Å². The van der Waals surface area contributed by atoms with E-state index in [1.54, 1.807) is 0 Å². The molecule has 0 aromatic rings. The lowest BCUT2D eigenvalue weighted by Gasteiger charge is -2.32. The summed E-state index contributed by atoms with van der Waals surface area (Å²) < 4.78 is 5.64. The van der Waals surface area contributed by atoms with Crippen LogP contribution in [0.1, 0.15) is 39.5 Å². The van der Waals surface area contributed by atoms with Gasteiger partial charge < -0.3 is 15.0 Å². The fraction of sp³-hybridized carbons (Fsp3) is 1.00. The van der Waals surface area contributed by atoms with Crippen molar-refractivity contribution in [1.82, 2.24) is 10.2 Å². The first-order valence-electron chi connectivity index (χ1n) is 7.37. The summed E-state index contributed by atoms with van der Waals surface area (Å²) in [6, 6.07) is 0. The lowest BCUT2D eigenvalue weighted by atomic mass is 9.98. The third kappa shape index (κ3) is 7.02. The van der Waals surface area contributed by atoms with Crippen LogP contribution in [-0.2, 0) is 4.74 Å². The normalized spacial score (nSPS) is 21.9. The van der Waals surface area contributed by atoms with Crippen molar-refractivity contribution in [2.24, 2.45) is 5.92 Å². The van der Waals surface area contributed by atoms with Crippen molar-refractivity contribution in [3.05, 3.63) is 0 Å². The average Bonchev–Trinajstić information content (AvgIpc) is 2.37. The predicted molar refractivity (Wildman–Crippen MR) is 73.4 cm³/mol. The number of nitrogens with one attached hydrogen (secondary N) is 1. The summed E-state index contributed by atoms with van der Waals surface area (Å²) in [7, 11) is 0. The maximum atomic E-state index is 5.64. The highest BCUT2D eigenvalue weighted by atomic mass is 16.5. The van der Waals surface area contributed by atoms with E-state index in [0.29, 0.717) is 0 Å². The highest BCUT2D eigenvalue weighted by Gasteiger charge is 2.18. The molecule has 1 aliphatic rings. The van der Waals surface area contributed by atoms with Gasteiger partial charge in [-0.2, -0.15) is 0 Å². The molecular formula is C14H30N2O. The van der Waals surface area contributed by atoms with Gasteiger partial charge in [0, 0.05) is 19.7 Å². The zero-order valence-corrected chi connectivity index (χ0v) is 11.7. The predicted octanol–water partition coefficient (Wildman–Crippen LogP) is 2.12. The van der Waals surface area contributed by atoms with Crippen LogP contribution in [0.25, 0.3) is 0 Å². The molecule has 1 saturated heterocycles. The second-order valence-corrected chi connectivity index (χ2v) is 5.08. The monoisotopic (exact) mass is 242 g/mol. The van der Waals surface area contributed by atoms with Gasteiger partial charge in [-0.3, -0.25) is 0 Å². The Labute approximate surface area is 107 Å². The van der Waals surface area contributed by atoms with Gasteiger partial charge in [-0.05, 0) is 44.8 Å². The van der Waals surface area contributed by atoms with Crippen LogP contribution in [0.2, 0.25) is 0 Å². The molecule has 1 heterocycles. The zero-order valence-electron chi connectivity index (χ0n) is 11.7. The summed E-state index contributed by atoms with van der Waals surface area (Å²) >= 11 is 0. The summed E-state index contributed by atoms with van der Waals surface area (Å²) in [5.41, 5.74) is 0. The smallest absolute Gasteiger partial charge is 0.0593 e. The van der Waals surface area contributed by atoms with Crippen molar-refractivity contribution in [2.45, 2.75) is 39.5 Å². The first-order chi connectivity index (χ1) is 8.36. The third-order valence-corrected chi connectivity index (χ3v) is 3.48. The number of likely N-dealkylation sites (tertiary alicyclic amines) is 1. The van der Waals surface area contributed by atoms with Crippen LogP contribution < -0.4 is 5.32 Å². The minimum Gasteiger partial charge on any atom is -0.380 e. The Hall–Kier alpha value is -0.120. The minimum atomic E-state index is 0.847. The second-order valence-electron chi connectivity index (χ2n) is 5.08. The van der Waals surface area contributed by atoms with Crippen molar-refractivity contribution < 1.29 is 4.74 Å². The Kier molecular flexibility index (Phi) is 8.67. The number of piperidine rings is 1. The first-order valence-corrected chi connectivity index (χ1v) is 7.37. The van der Waals surface area contributed by atoms with Crippen molar-refractivity contribution >= 4 is 0 Å². The summed E-state index contributed by atoms with van der Waals surface area (Å²) in [5, 5.41) is 3.46. The molecule has 1 fully saturated rings. The fourth-order valence-corrected chi connectivity index (χ4v) is 2.41. The maximum absolute atomic E-state index is 5.64. The van der Waals surface area contributed by atoms with Gasteiger partial charge in [-0.15, -0.1) is 0 Å². The van der Waals surface area contributed by atoms with Crippen LogP contribution in [0.3, 0.4) is 0 Å². The Morgan fingerprint density at radius 1 is 1.29 bits per heavy atom. The summed E-state index contributed by atoms with van der Waals surface area (Å²) in [4.78, 5) is 2.57. The van der Waals surface area contributed by atoms with Gasteiger partial charge in [0.25, 0.3) is 0 Å². The minimum absolute atomic E-state index is 0.847. The molecule has 1 N–H and O–H groups in total. The molecule has 102 valence electrons. The zero-order chi connectivity index (χ0) is 12.3. The van der Waals surface area contributed by atoms with E-state index in [9.17, 15) is 0 Å². The Morgan fingerprint density at radius 2 is 2.18 bits per heavy atom. The number of unbranched alkanes of at least 4 members (excludes halogenated alkanes) is 1. The third-order valence-electron chi connectivity index (χ3n) is 3.48. The molecule has 0 aromatic carbocycles. The van der Waals surface area contributed by atoms with Crippen LogP contribution in [0.4, 0.5) is 0 Å². The van der Waals surface area contributed by atoms with Gasteiger partial charge in [0.05, 0.1) is 6.61 Å². The number of ether oxygens (including phenoxy) is 1. The van der Waals surface area contributed by atoms with E-state index < -0.39 is 0 Å². The quantitative estimate of drug-likeness (QED) is 0.627. The average molecular weight is 242 g/mol. The molecule has 17 heavy (non-hydrogen) atoms. The molecule has 0 saturated carbocycles. The van der Waals surface area contributed by atoms with E-state index in [0.717, 1.165) is 32.2 Å². The molecular weight excluding hydrogens is 212 g/mol.